The summed E-state index contributed by atoms with van der Waals surface area (Å²) in [5.74, 6) is -0.550. The molecule has 0 aliphatic carbocycles. The molecule has 0 unspecified atom stereocenters. The molecular weight excluding hydrogens is 321 g/mol. The Labute approximate surface area is 131 Å². The minimum Gasteiger partial charge on any atom is -0.457 e. The van der Waals surface area contributed by atoms with E-state index in [1.165, 1.54) is 12.1 Å². The number of anilines is 1. The van der Waals surface area contributed by atoms with Crippen molar-refractivity contribution in [3.05, 3.63) is 62.6 Å². The van der Waals surface area contributed by atoms with E-state index in [1.807, 2.05) is 0 Å². The zero-order valence-electron chi connectivity index (χ0n) is 10.2. The molecule has 0 saturated heterocycles. The van der Waals surface area contributed by atoms with Gasteiger partial charge in [0, 0.05) is 11.3 Å². The third-order valence-corrected chi connectivity index (χ3v) is 3.77. The van der Waals surface area contributed by atoms with E-state index in [0.717, 1.165) is 0 Å². The molecule has 104 valence electrons. The summed E-state index contributed by atoms with van der Waals surface area (Å²) >= 11 is 17.8. The normalized spacial score (nSPS) is 10.3. The fourth-order valence-electron chi connectivity index (χ4n) is 1.58. The molecule has 0 aliphatic rings. The molecule has 0 aliphatic heterocycles. The van der Waals surface area contributed by atoms with Crippen LogP contribution < -0.4 is 5.73 Å². The lowest BCUT2D eigenvalue weighted by Crippen LogP contribution is -2.06. The summed E-state index contributed by atoms with van der Waals surface area (Å²) in [5.41, 5.74) is 6.91. The lowest BCUT2D eigenvalue weighted by Gasteiger charge is -2.08. The summed E-state index contributed by atoms with van der Waals surface area (Å²) in [6.45, 7) is 0.0128. The van der Waals surface area contributed by atoms with E-state index in [9.17, 15) is 4.79 Å². The first kappa shape index (κ1) is 15.0. The van der Waals surface area contributed by atoms with Gasteiger partial charge >= 0.3 is 5.97 Å². The number of hydrogen-bond donors (Lipinski definition) is 1. The van der Waals surface area contributed by atoms with E-state index < -0.39 is 5.97 Å². The van der Waals surface area contributed by atoms with Crippen molar-refractivity contribution in [2.75, 3.05) is 5.73 Å². The average molecular weight is 331 g/mol. The van der Waals surface area contributed by atoms with Crippen LogP contribution in [0.15, 0.2) is 36.4 Å². The minimum atomic E-state index is -0.550. The zero-order chi connectivity index (χ0) is 14.7. The van der Waals surface area contributed by atoms with Gasteiger partial charge in [-0.25, -0.2) is 4.79 Å². The lowest BCUT2D eigenvalue weighted by molar-refractivity contribution is 0.0473. The van der Waals surface area contributed by atoms with Crippen LogP contribution in [0.5, 0.6) is 0 Å². The van der Waals surface area contributed by atoms with Gasteiger partial charge in [0.2, 0.25) is 0 Å². The molecule has 0 bridgehead atoms. The lowest BCUT2D eigenvalue weighted by atomic mass is 10.2. The van der Waals surface area contributed by atoms with Crippen LogP contribution in [0.2, 0.25) is 15.1 Å². The molecule has 0 radical (unpaired) electrons. The molecule has 2 N–H and O–H groups in total. The van der Waals surface area contributed by atoms with Gasteiger partial charge < -0.3 is 10.5 Å². The van der Waals surface area contributed by atoms with Crippen molar-refractivity contribution in [1.29, 1.82) is 0 Å². The summed E-state index contributed by atoms with van der Waals surface area (Å²) in [5, 5.41) is 1.02. The van der Waals surface area contributed by atoms with Crippen LogP contribution in [-0.4, -0.2) is 5.97 Å². The van der Waals surface area contributed by atoms with E-state index >= 15 is 0 Å². The van der Waals surface area contributed by atoms with Crippen LogP contribution in [-0.2, 0) is 11.3 Å². The fraction of sp³-hybridized carbons (Fsp3) is 0.0714. The van der Waals surface area contributed by atoms with Crippen LogP contribution in [0.25, 0.3) is 0 Å². The van der Waals surface area contributed by atoms with E-state index in [1.54, 1.807) is 24.3 Å². The monoisotopic (exact) mass is 329 g/mol. The van der Waals surface area contributed by atoms with Crippen molar-refractivity contribution >= 4 is 46.5 Å². The smallest absolute Gasteiger partial charge is 0.339 e. The zero-order valence-corrected chi connectivity index (χ0v) is 12.5. The fourth-order valence-corrected chi connectivity index (χ4v) is 2.22. The van der Waals surface area contributed by atoms with Gasteiger partial charge in [0.25, 0.3) is 0 Å². The van der Waals surface area contributed by atoms with Gasteiger partial charge in [0.05, 0.1) is 20.6 Å². The van der Waals surface area contributed by atoms with E-state index in [0.29, 0.717) is 21.3 Å². The Kier molecular flexibility index (Phi) is 4.76. The second-order valence-electron chi connectivity index (χ2n) is 4.03. The van der Waals surface area contributed by atoms with Crippen molar-refractivity contribution in [2.24, 2.45) is 0 Å². The molecule has 20 heavy (non-hydrogen) atoms. The van der Waals surface area contributed by atoms with Crippen LogP contribution in [0.1, 0.15) is 15.9 Å². The quantitative estimate of drug-likeness (QED) is 0.661. The Morgan fingerprint density at radius 3 is 2.55 bits per heavy atom. The number of carbonyl (C=O) groups excluding carboxylic acids is 1. The first-order valence-electron chi connectivity index (χ1n) is 5.64. The van der Waals surface area contributed by atoms with Gasteiger partial charge in [0.1, 0.15) is 6.61 Å². The molecule has 2 aromatic carbocycles. The average Bonchev–Trinajstić information content (AvgIpc) is 2.40. The first-order valence-corrected chi connectivity index (χ1v) is 6.77. The van der Waals surface area contributed by atoms with Gasteiger partial charge in [-0.3, -0.25) is 0 Å². The highest BCUT2D eigenvalue weighted by Crippen LogP contribution is 2.26. The predicted molar refractivity (Wildman–Crippen MR) is 81.4 cm³/mol. The standard InChI is InChI=1S/C14H10Cl3NO2/c15-11-3-1-2-8(13(11)17)7-20-14(19)10-5-4-9(18)6-12(10)16/h1-6H,7,18H2. The Morgan fingerprint density at radius 2 is 1.85 bits per heavy atom. The predicted octanol–water partition coefficient (Wildman–Crippen LogP) is 4.59. The molecule has 0 atom stereocenters. The molecule has 0 heterocycles. The van der Waals surface area contributed by atoms with Crippen molar-refractivity contribution < 1.29 is 9.53 Å². The number of carbonyl (C=O) groups is 1. The molecule has 0 amide bonds. The van der Waals surface area contributed by atoms with Crippen LogP contribution in [0.4, 0.5) is 5.69 Å². The molecule has 2 aromatic rings. The van der Waals surface area contributed by atoms with Crippen LogP contribution in [0.3, 0.4) is 0 Å². The summed E-state index contributed by atoms with van der Waals surface area (Å²) in [6.07, 6.45) is 0. The number of nitrogen functional groups attached to an aromatic ring is 1. The van der Waals surface area contributed by atoms with Gasteiger partial charge in [-0.05, 0) is 24.3 Å². The maximum absolute atomic E-state index is 11.9. The highest BCUT2D eigenvalue weighted by Gasteiger charge is 2.13. The van der Waals surface area contributed by atoms with Crippen molar-refractivity contribution in [3.63, 3.8) is 0 Å². The van der Waals surface area contributed by atoms with Gasteiger partial charge in [-0.2, -0.15) is 0 Å². The van der Waals surface area contributed by atoms with Crippen molar-refractivity contribution in [3.8, 4) is 0 Å². The highest BCUT2D eigenvalue weighted by molar-refractivity contribution is 6.42. The Morgan fingerprint density at radius 1 is 1.10 bits per heavy atom. The topological polar surface area (TPSA) is 52.3 Å². The first-order chi connectivity index (χ1) is 9.49. The molecule has 6 heteroatoms. The second kappa shape index (κ2) is 6.35. The molecule has 0 fully saturated rings. The van der Waals surface area contributed by atoms with E-state index in [2.05, 4.69) is 0 Å². The van der Waals surface area contributed by atoms with E-state index in [4.69, 9.17) is 45.3 Å². The number of rotatable bonds is 3. The number of benzene rings is 2. The summed E-state index contributed by atoms with van der Waals surface area (Å²) < 4.78 is 5.16. The largest absolute Gasteiger partial charge is 0.457 e. The van der Waals surface area contributed by atoms with Crippen LogP contribution in [0, 0.1) is 0 Å². The van der Waals surface area contributed by atoms with Gasteiger partial charge in [-0.1, -0.05) is 46.9 Å². The summed E-state index contributed by atoms with van der Waals surface area (Å²) in [4.78, 5) is 11.9. The maximum atomic E-state index is 11.9. The number of esters is 1. The number of hydrogen-bond acceptors (Lipinski definition) is 3. The van der Waals surface area contributed by atoms with Crippen molar-refractivity contribution in [1.82, 2.24) is 0 Å². The molecule has 0 spiro atoms. The highest BCUT2D eigenvalue weighted by atomic mass is 35.5. The Balaban J connectivity index is 2.11. The Hall–Kier alpha value is -1.42. The molecule has 0 aromatic heterocycles. The second-order valence-corrected chi connectivity index (χ2v) is 5.22. The number of ether oxygens (including phenoxy) is 1. The number of nitrogens with two attached hydrogens (primary N) is 1. The summed E-state index contributed by atoms with van der Waals surface area (Å²) in [6, 6.07) is 9.70. The van der Waals surface area contributed by atoms with Gasteiger partial charge in [0.15, 0.2) is 0 Å². The molecule has 2 rings (SSSR count). The Bertz CT molecular complexity index is 659. The molecule has 0 saturated carbocycles. The van der Waals surface area contributed by atoms with Crippen molar-refractivity contribution in [2.45, 2.75) is 6.61 Å². The number of halogens is 3. The van der Waals surface area contributed by atoms with Gasteiger partial charge in [-0.15, -0.1) is 0 Å². The minimum absolute atomic E-state index is 0.0128. The third kappa shape index (κ3) is 3.37. The van der Waals surface area contributed by atoms with E-state index in [-0.39, 0.29) is 17.2 Å². The van der Waals surface area contributed by atoms with Crippen LogP contribution >= 0.6 is 34.8 Å². The SMILES string of the molecule is Nc1ccc(C(=O)OCc2cccc(Cl)c2Cl)c(Cl)c1. The summed E-state index contributed by atoms with van der Waals surface area (Å²) in [7, 11) is 0. The third-order valence-electron chi connectivity index (χ3n) is 2.60. The maximum Gasteiger partial charge on any atom is 0.339 e. The molecule has 3 nitrogen and oxygen atoms in total. The molecular formula is C14H10Cl3NO2.